The third kappa shape index (κ3) is 4.64. The SMILES string of the molecule is N#CCC(c1ccsc1)n1cc(-c2ncnc3[nH]ccc23)cn1.O=C(O)C(F)(F)F. The minimum atomic E-state index is -5.08. The van der Waals surface area contributed by atoms with E-state index in [0.717, 1.165) is 27.9 Å². The van der Waals surface area contributed by atoms with Gasteiger partial charge in [-0.05, 0) is 28.5 Å². The molecular formula is C18H13F3N6O2S. The van der Waals surface area contributed by atoms with Gasteiger partial charge in [0.1, 0.15) is 12.0 Å². The van der Waals surface area contributed by atoms with E-state index >= 15 is 0 Å². The van der Waals surface area contributed by atoms with E-state index in [-0.39, 0.29) is 6.04 Å². The molecule has 0 bridgehead atoms. The number of carbonyl (C=O) groups is 1. The largest absolute Gasteiger partial charge is 0.490 e. The predicted octanol–water partition coefficient (Wildman–Crippen LogP) is 4.02. The lowest BCUT2D eigenvalue weighted by Gasteiger charge is -2.12. The fourth-order valence-corrected chi connectivity index (χ4v) is 3.36. The number of fused-ring (bicyclic) bond motifs is 1. The Morgan fingerprint density at radius 1 is 1.37 bits per heavy atom. The van der Waals surface area contributed by atoms with Gasteiger partial charge in [0.05, 0.1) is 30.4 Å². The van der Waals surface area contributed by atoms with Crippen molar-refractivity contribution in [2.24, 2.45) is 0 Å². The number of H-pyrrole nitrogens is 1. The van der Waals surface area contributed by atoms with Gasteiger partial charge in [0.25, 0.3) is 0 Å². The molecule has 4 heterocycles. The zero-order chi connectivity index (χ0) is 21.7. The van der Waals surface area contributed by atoms with E-state index in [1.54, 1.807) is 17.5 Å². The lowest BCUT2D eigenvalue weighted by Crippen LogP contribution is -2.21. The van der Waals surface area contributed by atoms with E-state index in [4.69, 9.17) is 15.2 Å². The second kappa shape index (κ2) is 8.75. The summed E-state index contributed by atoms with van der Waals surface area (Å²) in [5, 5.41) is 25.7. The Balaban J connectivity index is 0.000000318. The van der Waals surface area contributed by atoms with Gasteiger partial charge in [0.15, 0.2) is 0 Å². The van der Waals surface area contributed by atoms with Gasteiger partial charge in [0, 0.05) is 23.3 Å². The van der Waals surface area contributed by atoms with Crippen molar-refractivity contribution < 1.29 is 23.1 Å². The molecule has 0 aliphatic heterocycles. The molecule has 0 spiro atoms. The van der Waals surface area contributed by atoms with E-state index in [2.05, 4.69) is 31.5 Å². The molecule has 4 aromatic rings. The van der Waals surface area contributed by atoms with E-state index in [9.17, 15) is 13.2 Å². The fraction of sp³-hybridized carbons (Fsp3) is 0.167. The highest BCUT2D eigenvalue weighted by Gasteiger charge is 2.38. The molecule has 30 heavy (non-hydrogen) atoms. The minimum Gasteiger partial charge on any atom is -0.475 e. The van der Waals surface area contributed by atoms with Crippen LogP contribution in [0.5, 0.6) is 0 Å². The monoisotopic (exact) mass is 434 g/mol. The molecular weight excluding hydrogens is 421 g/mol. The first-order valence-corrected chi connectivity index (χ1v) is 9.27. The van der Waals surface area contributed by atoms with Crippen LogP contribution in [0.2, 0.25) is 0 Å². The zero-order valence-electron chi connectivity index (χ0n) is 15.0. The molecule has 0 fully saturated rings. The molecule has 0 radical (unpaired) electrons. The number of hydrogen-bond acceptors (Lipinski definition) is 6. The molecule has 2 N–H and O–H groups in total. The van der Waals surface area contributed by atoms with E-state index < -0.39 is 12.1 Å². The molecule has 4 rings (SSSR count). The Hall–Kier alpha value is -3.72. The van der Waals surface area contributed by atoms with Crippen LogP contribution in [0.15, 0.2) is 47.8 Å². The topological polar surface area (TPSA) is 120 Å². The van der Waals surface area contributed by atoms with Gasteiger partial charge >= 0.3 is 12.1 Å². The summed E-state index contributed by atoms with van der Waals surface area (Å²) in [7, 11) is 0. The van der Waals surface area contributed by atoms with Crippen molar-refractivity contribution in [1.82, 2.24) is 24.7 Å². The van der Waals surface area contributed by atoms with Gasteiger partial charge in [-0.3, -0.25) is 4.68 Å². The Morgan fingerprint density at radius 3 is 2.77 bits per heavy atom. The van der Waals surface area contributed by atoms with Gasteiger partial charge in [-0.15, -0.1) is 0 Å². The Morgan fingerprint density at radius 2 is 2.13 bits per heavy atom. The van der Waals surface area contributed by atoms with Crippen LogP contribution < -0.4 is 0 Å². The van der Waals surface area contributed by atoms with Crippen molar-refractivity contribution in [3.63, 3.8) is 0 Å². The minimum absolute atomic E-state index is 0.0800. The number of rotatable bonds is 4. The molecule has 0 aliphatic rings. The summed E-state index contributed by atoms with van der Waals surface area (Å²) in [6, 6.07) is 6.15. The number of nitrogens with one attached hydrogen (secondary N) is 1. The van der Waals surface area contributed by atoms with Crippen molar-refractivity contribution in [2.75, 3.05) is 0 Å². The van der Waals surface area contributed by atoms with Gasteiger partial charge in [-0.2, -0.15) is 34.9 Å². The van der Waals surface area contributed by atoms with E-state index in [1.807, 2.05) is 34.6 Å². The molecule has 0 saturated heterocycles. The van der Waals surface area contributed by atoms with Crippen molar-refractivity contribution >= 4 is 28.3 Å². The maximum absolute atomic E-state index is 10.6. The highest BCUT2D eigenvalue weighted by Crippen LogP contribution is 2.28. The number of hydrogen-bond donors (Lipinski definition) is 2. The average molecular weight is 434 g/mol. The number of thiophene rings is 1. The van der Waals surface area contributed by atoms with Gasteiger partial charge in [-0.1, -0.05) is 0 Å². The van der Waals surface area contributed by atoms with Gasteiger partial charge in [0.2, 0.25) is 0 Å². The number of carboxylic acids is 1. The van der Waals surface area contributed by atoms with Crippen LogP contribution in [-0.2, 0) is 4.79 Å². The summed E-state index contributed by atoms with van der Waals surface area (Å²) in [6.45, 7) is 0. The second-order valence-corrected chi connectivity index (χ2v) is 6.69. The molecule has 0 saturated carbocycles. The Kier molecular flexibility index (Phi) is 6.12. The lowest BCUT2D eigenvalue weighted by atomic mass is 10.1. The second-order valence-electron chi connectivity index (χ2n) is 5.91. The molecule has 1 unspecified atom stereocenters. The molecule has 1 atom stereocenters. The molecule has 154 valence electrons. The quantitative estimate of drug-likeness (QED) is 0.501. The van der Waals surface area contributed by atoms with Crippen molar-refractivity contribution in [2.45, 2.75) is 18.6 Å². The summed E-state index contributed by atoms with van der Waals surface area (Å²) in [4.78, 5) is 20.6. The third-order valence-electron chi connectivity index (χ3n) is 4.00. The van der Waals surface area contributed by atoms with Crippen LogP contribution in [0.3, 0.4) is 0 Å². The number of carboxylic acid groups (broad SMARTS) is 1. The third-order valence-corrected chi connectivity index (χ3v) is 4.70. The van der Waals surface area contributed by atoms with Crippen LogP contribution in [0.1, 0.15) is 18.0 Å². The van der Waals surface area contributed by atoms with Crippen molar-refractivity contribution in [3.05, 3.63) is 53.4 Å². The predicted molar refractivity (Wildman–Crippen MR) is 101 cm³/mol. The molecule has 12 heteroatoms. The van der Waals surface area contributed by atoms with Crippen LogP contribution in [-0.4, -0.2) is 42.0 Å². The molecule has 0 aromatic carbocycles. The highest BCUT2D eigenvalue weighted by atomic mass is 32.1. The summed E-state index contributed by atoms with van der Waals surface area (Å²) in [5.41, 5.74) is 3.65. The number of aromatic nitrogens is 5. The number of alkyl halides is 3. The number of halogens is 3. The first-order chi connectivity index (χ1) is 14.3. The van der Waals surface area contributed by atoms with Crippen LogP contribution >= 0.6 is 11.3 Å². The van der Waals surface area contributed by atoms with E-state index in [1.165, 1.54) is 6.33 Å². The molecule has 0 aliphatic carbocycles. The number of nitrogens with zero attached hydrogens (tertiary/aromatic N) is 5. The first-order valence-electron chi connectivity index (χ1n) is 8.33. The number of aliphatic carboxylic acids is 1. The van der Waals surface area contributed by atoms with Crippen molar-refractivity contribution in [3.8, 4) is 17.3 Å². The average Bonchev–Trinajstić information content (AvgIpc) is 3.47. The molecule has 8 nitrogen and oxygen atoms in total. The number of aromatic amines is 1. The molecule has 0 amide bonds. The highest BCUT2D eigenvalue weighted by molar-refractivity contribution is 7.07. The normalized spacial score (nSPS) is 12.1. The maximum Gasteiger partial charge on any atom is 0.490 e. The summed E-state index contributed by atoms with van der Waals surface area (Å²) < 4.78 is 33.6. The summed E-state index contributed by atoms with van der Waals surface area (Å²) >= 11 is 1.62. The fourth-order valence-electron chi connectivity index (χ4n) is 2.65. The Bertz CT molecular complexity index is 1180. The van der Waals surface area contributed by atoms with Gasteiger partial charge < -0.3 is 10.1 Å². The smallest absolute Gasteiger partial charge is 0.475 e. The summed E-state index contributed by atoms with van der Waals surface area (Å²) in [6.07, 6.45) is 2.40. The van der Waals surface area contributed by atoms with E-state index in [0.29, 0.717) is 6.42 Å². The molecule has 4 aromatic heterocycles. The number of nitriles is 1. The lowest BCUT2D eigenvalue weighted by molar-refractivity contribution is -0.192. The zero-order valence-corrected chi connectivity index (χ0v) is 15.9. The standard InChI is InChI=1S/C16H12N6S.C2HF3O2/c17-4-1-14(11-3-6-23-9-11)22-8-12(7-21-22)15-13-2-5-18-16(13)20-10-19-15;3-2(4,5)1(6)7/h2-3,5-10,14H,1H2,(H,18,19,20);(H,6,7). The van der Waals surface area contributed by atoms with Crippen LogP contribution in [0, 0.1) is 11.3 Å². The Labute approximate surface area is 171 Å². The maximum atomic E-state index is 10.6. The van der Waals surface area contributed by atoms with Crippen molar-refractivity contribution in [1.29, 1.82) is 5.26 Å². The van der Waals surface area contributed by atoms with Crippen LogP contribution in [0.4, 0.5) is 13.2 Å². The first kappa shape index (κ1) is 21.0. The summed E-state index contributed by atoms with van der Waals surface area (Å²) in [5.74, 6) is -2.76. The van der Waals surface area contributed by atoms with Crippen LogP contribution in [0.25, 0.3) is 22.3 Å². The van der Waals surface area contributed by atoms with Gasteiger partial charge in [-0.25, -0.2) is 14.8 Å².